The summed E-state index contributed by atoms with van der Waals surface area (Å²) in [6.45, 7) is 28.2. The number of hydrogen-bond donors (Lipinski definition) is 1. The van der Waals surface area contributed by atoms with Crippen molar-refractivity contribution in [2.75, 3.05) is 47.4 Å². The molecule has 0 radical (unpaired) electrons. The SMILES string of the molecule is CCC.CCCCC(=O)OCCCCCCCNCCN(C)C.CCCCCC.CCCCCCC.CCCCCCC.CCCCCCCCCC(CCCCC)CC(=O)OC. The van der Waals surface area contributed by atoms with Crippen LogP contribution in [0, 0.1) is 5.92 Å². The van der Waals surface area contributed by atoms with Crippen LogP contribution in [0.25, 0.3) is 0 Å². The zero-order valence-electron chi connectivity index (χ0n) is 46.4. The van der Waals surface area contributed by atoms with Gasteiger partial charge in [-0.3, -0.25) is 9.59 Å². The van der Waals surface area contributed by atoms with Crippen molar-refractivity contribution in [1.29, 1.82) is 0 Å². The second kappa shape index (κ2) is 75.2. The van der Waals surface area contributed by atoms with Gasteiger partial charge in [-0.1, -0.05) is 262 Å². The molecule has 0 spiro atoms. The number of nitrogens with zero attached hydrogens (tertiary/aromatic N) is 1. The summed E-state index contributed by atoms with van der Waals surface area (Å²) in [7, 11) is 5.69. The summed E-state index contributed by atoms with van der Waals surface area (Å²) in [5.41, 5.74) is 0. The largest absolute Gasteiger partial charge is 0.469 e. The molecule has 63 heavy (non-hydrogen) atoms. The van der Waals surface area contributed by atoms with E-state index in [9.17, 15) is 9.59 Å². The van der Waals surface area contributed by atoms with E-state index in [4.69, 9.17) is 9.47 Å². The van der Waals surface area contributed by atoms with Crippen LogP contribution in [0.4, 0.5) is 0 Å². The third-order valence-electron chi connectivity index (χ3n) is 10.7. The van der Waals surface area contributed by atoms with Crippen molar-refractivity contribution in [3.63, 3.8) is 0 Å². The molecule has 1 N–H and O–H groups in total. The first-order valence-electron chi connectivity index (χ1n) is 28.1. The van der Waals surface area contributed by atoms with Gasteiger partial charge in [0.15, 0.2) is 0 Å². The van der Waals surface area contributed by atoms with E-state index in [1.807, 2.05) is 0 Å². The predicted octanol–water partition coefficient (Wildman–Crippen LogP) is 18.7. The molecule has 0 aliphatic heterocycles. The Kier molecular flexibility index (Phi) is 87.6. The van der Waals surface area contributed by atoms with Crippen LogP contribution >= 0.6 is 0 Å². The van der Waals surface area contributed by atoms with Gasteiger partial charge in [0.05, 0.1) is 13.7 Å². The molecule has 6 nitrogen and oxygen atoms in total. The topological polar surface area (TPSA) is 67.9 Å². The number of hydrogen-bond acceptors (Lipinski definition) is 6. The number of carbonyl (C=O) groups excluding carboxylic acids is 2. The molecule has 0 aliphatic rings. The van der Waals surface area contributed by atoms with Crippen molar-refractivity contribution in [3.8, 4) is 0 Å². The Hall–Kier alpha value is -1.14. The fourth-order valence-electron chi connectivity index (χ4n) is 6.48. The van der Waals surface area contributed by atoms with Gasteiger partial charge in [-0.2, -0.15) is 0 Å². The third-order valence-corrected chi connectivity index (χ3v) is 10.7. The molecule has 0 aromatic heterocycles. The Balaban J connectivity index is -0.000000174. The molecule has 386 valence electrons. The Bertz CT molecular complexity index is 726. The summed E-state index contributed by atoms with van der Waals surface area (Å²) in [5.74, 6) is 0.482. The van der Waals surface area contributed by atoms with E-state index < -0.39 is 0 Å². The first-order valence-corrected chi connectivity index (χ1v) is 28.1. The molecule has 0 aliphatic carbocycles. The summed E-state index contributed by atoms with van der Waals surface area (Å²) in [4.78, 5) is 24.9. The Labute approximate surface area is 400 Å². The normalized spacial score (nSPS) is 10.7. The monoisotopic (exact) mass is 901 g/mol. The van der Waals surface area contributed by atoms with Crippen molar-refractivity contribution < 1.29 is 19.1 Å². The van der Waals surface area contributed by atoms with Gasteiger partial charge in [-0.25, -0.2) is 0 Å². The van der Waals surface area contributed by atoms with E-state index in [2.05, 4.69) is 100 Å². The summed E-state index contributed by atoms with van der Waals surface area (Å²) in [5, 5.41) is 3.44. The molecule has 0 rings (SSSR count). The molecular formula is C57H124N2O4. The molecule has 0 bridgehead atoms. The number of esters is 2. The number of nitrogens with one attached hydrogen (secondary N) is 1. The summed E-state index contributed by atoms with van der Waals surface area (Å²) < 4.78 is 9.99. The highest BCUT2D eigenvalue weighted by molar-refractivity contribution is 5.69. The molecule has 1 unspecified atom stereocenters. The average Bonchev–Trinajstić information content (AvgIpc) is 3.27. The van der Waals surface area contributed by atoms with E-state index >= 15 is 0 Å². The third kappa shape index (κ3) is 92.1. The molecule has 6 heteroatoms. The maximum Gasteiger partial charge on any atom is 0.305 e. The van der Waals surface area contributed by atoms with E-state index in [1.165, 1.54) is 206 Å². The van der Waals surface area contributed by atoms with Crippen LogP contribution in [-0.2, 0) is 19.1 Å². The molecule has 1 atom stereocenters. The average molecular weight is 902 g/mol. The lowest BCUT2D eigenvalue weighted by Gasteiger charge is -2.15. The van der Waals surface area contributed by atoms with Crippen LogP contribution in [0.3, 0.4) is 0 Å². The van der Waals surface area contributed by atoms with Crippen LogP contribution in [0.2, 0.25) is 0 Å². The molecule has 0 amide bonds. The lowest BCUT2D eigenvalue weighted by Crippen LogP contribution is -2.27. The minimum atomic E-state index is -0.0329. The molecule has 0 heterocycles. The van der Waals surface area contributed by atoms with Crippen molar-refractivity contribution in [1.82, 2.24) is 10.2 Å². The zero-order chi connectivity index (χ0) is 48.7. The lowest BCUT2D eigenvalue weighted by molar-refractivity contribution is -0.144. The molecular weight excluding hydrogens is 777 g/mol. The van der Waals surface area contributed by atoms with Gasteiger partial charge in [0, 0.05) is 25.9 Å². The molecule has 0 saturated heterocycles. The predicted molar refractivity (Wildman–Crippen MR) is 287 cm³/mol. The number of likely N-dealkylation sites (N-methyl/N-ethyl adjacent to an activating group) is 1. The number of unbranched alkanes of at least 4 members (excludes halogenated alkanes) is 24. The van der Waals surface area contributed by atoms with Crippen LogP contribution in [0.15, 0.2) is 0 Å². The number of ether oxygens (including phenoxy) is 2. The second-order valence-corrected chi connectivity index (χ2v) is 18.2. The highest BCUT2D eigenvalue weighted by atomic mass is 16.5. The summed E-state index contributed by atoms with van der Waals surface area (Å²) in [6.07, 6.45) is 45.5. The highest BCUT2D eigenvalue weighted by Crippen LogP contribution is 2.22. The van der Waals surface area contributed by atoms with Crippen molar-refractivity contribution in [3.05, 3.63) is 0 Å². The van der Waals surface area contributed by atoms with E-state index in [0.717, 1.165) is 38.9 Å². The summed E-state index contributed by atoms with van der Waals surface area (Å²) in [6, 6.07) is 0. The van der Waals surface area contributed by atoms with Crippen molar-refractivity contribution >= 4 is 11.9 Å². The van der Waals surface area contributed by atoms with Gasteiger partial charge < -0.3 is 19.7 Å². The highest BCUT2D eigenvalue weighted by Gasteiger charge is 2.13. The minimum absolute atomic E-state index is 0.0306. The van der Waals surface area contributed by atoms with Gasteiger partial charge in [0.1, 0.15) is 0 Å². The number of methoxy groups -OCH3 is 1. The maximum absolute atomic E-state index is 11.4. The van der Waals surface area contributed by atoms with Crippen LogP contribution in [0.1, 0.15) is 307 Å². The van der Waals surface area contributed by atoms with Gasteiger partial charge in [-0.05, 0) is 58.7 Å². The van der Waals surface area contributed by atoms with Crippen LogP contribution in [0.5, 0.6) is 0 Å². The minimum Gasteiger partial charge on any atom is -0.469 e. The van der Waals surface area contributed by atoms with Gasteiger partial charge in [0.25, 0.3) is 0 Å². The smallest absolute Gasteiger partial charge is 0.305 e. The molecule has 0 fully saturated rings. The summed E-state index contributed by atoms with van der Waals surface area (Å²) >= 11 is 0. The lowest BCUT2D eigenvalue weighted by atomic mass is 9.92. The molecule has 0 aromatic carbocycles. The Morgan fingerprint density at radius 3 is 1.17 bits per heavy atom. The molecule has 0 saturated carbocycles. The zero-order valence-corrected chi connectivity index (χ0v) is 46.4. The standard InChI is InChI=1S/C18H36O2.C16H34N2O2.2C7H16.C6H14.C3H8/c1-4-6-8-9-10-11-13-15-17(14-12-7-5-2)16-18(19)20-3;1-4-5-11-16(19)20-15-10-8-6-7-9-12-17-13-14-18(2)3;2*1-3-5-7-6-4-2;1-3-5-6-4-2;1-3-2/h17H,4-16H2,1-3H3;17H,4-15H2,1-3H3;2*3-7H2,1-2H3;3-6H2,1-2H3;3H2,1-2H3. The Morgan fingerprint density at radius 2 is 0.762 bits per heavy atom. The number of rotatable bonds is 39. The van der Waals surface area contributed by atoms with Gasteiger partial charge in [0.2, 0.25) is 0 Å². The van der Waals surface area contributed by atoms with Crippen molar-refractivity contribution in [2.24, 2.45) is 5.92 Å². The second-order valence-electron chi connectivity index (χ2n) is 18.2. The van der Waals surface area contributed by atoms with Gasteiger partial charge >= 0.3 is 11.9 Å². The van der Waals surface area contributed by atoms with Crippen LogP contribution in [-0.4, -0.2) is 64.3 Å². The Morgan fingerprint density at radius 1 is 0.429 bits per heavy atom. The fourth-order valence-corrected chi connectivity index (χ4v) is 6.48. The first kappa shape index (κ1) is 73.4. The van der Waals surface area contributed by atoms with E-state index in [-0.39, 0.29) is 11.9 Å². The van der Waals surface area contributed by atoms with Gasteiger partial charge in [-0.15, -0.1) is 0 Å². The van der Waals surface area contributed by atoms with E-state index in [0.29, 0.717) is 25.4 Å². The first-order chi connectivity index (χ1) is 30.6. The van der Waals surface area contributed by atoms with Crippen LogP contribution < -0.4 is 5.32 Å². The van der Waals surface area contributed by atoms with Crippen molar-refractivity contribution in [2.45, 2.75) is 307 Å². The number of carbonyl (C=O) groups is 2. The van der Waals surface area contributed by atoms with E-state index in [1.54, 1.807) is 0 Å². The quantitative estimate of drug-likeness (QED) is 0.0490. The molecule has 0 aromatic rings. The fraction of sp³-hybridized carbons (Fsp3) is 0.965. The maximum atomic E-state index is 11.4.